The van der Waals surface area contributed by atoms with Gasteiger partial charge in [0.25, 0.3) is 5.91 Å². The van der Waals surface area contributed by atoms with Crippen LogP contribution >= 0.6 is 11.3 Å². The van der Waals surface area contributed by atoms with E-state index in [9.17, 15) is 4.79 Å². The summed E-state index contributed by atoms with van der Waals surface area (Å²) in [4.78, 5) is 15.3. The Bertz CT molecular complexity index is 777. The van der Waals surface area contributed by atoms with Crippen molar-refractivity contribution in [3.63, 3.8) is 0 Å². The molecule has 2 N–H and O–H groups in total. The van der Waals surface area contributed by atoms with E-state index in [0.29, 0.717) is 5.69 Å². The van der Waals surface area contributed by atoms with E-state index >= 15 is 0 Å². The lowest BCUT2D eigenvalue weighted by atomic mass is 10.1. The lowest BCUT2D eigenvalue weighted by Crippen LogP contribution is -2.10. The minimum atomic E-state index is -0.487. The average molecular weight is 268 g/mol. The lowest BCUT2D eigenvalue weighted by molar-refractivity contribution is 0.0996. The molecule has 3 aromatic rings. The third-order valence-electron chi connectivity index (χ3n) is 3.00. The molecule has 0 aliphatic rings. The second-order valence-electron chi connectivity index (χ2n) is 4.47. The second kappa shape index (κ2) is 4.48. The summed E-state index contributed by atoms with van der Waals surface area (Å²) in [5.41, 5.74) is 7.79. The predicted octanol–water partition coefficient (Wildman–Crippen LogP) is 3.37. The number of primary amides is 1. The monoisotopic (exact) mass is 268 g/mol. The molecule has 1 aromatic heterocycles. The van der Waals surface area contributed by atoms with Crippen LogP contribution in [-0.4, -0.2) is 10.9 Å². The average Bonchev–Trinajstić information content (AvgIpc) is 2.88. The summed E-state index contributed by atoms with van der Waals surface area (Å²) in [5, 5.41) is 4.88. The van der Waals surface area contributed by atoms with Crippen molar-refractivity contribution in [2.75, 3.05) is 0 Å². The van der Waals surface area contributed by atoms with Crippen LogP contribution in [0.5, 0.6) is 0 Å². The summed E-state index contributed by atoms with van der Waals surface area (Å²) in [5.74, 6) is -0.487. The van der Waals surface area contributed by atoms with Gasteiger partial charge in [-0.3, -0.25) is 4.79 Å². The minimum absolute atomic E-state index is 0.323. The maximum Gasteiger partial charge on any atom is 0.268 e. The van der Waals surface area contributed by atoms with Gasteiger partial charge >= 0.3 is 0 Å². The number of aryl methyl sites for hydroxylation is 1. The molecule has 0 unspecified atom stereocenters. The van der Waals surface area contributed by atoms with Gasteiger partial charge in [-0.25, -0.2) is 4.98 Å². The molecule has 1 amide bonds. The molecule has 0 fully saturated rings. The van der Waals surface area contributed by atoms with Crippen LogP contribution in [-0.2, 0) is 0 Å². The van der Waals surface area contributed by atoms with Gasteiger partial charge < -0.3 is 5.73 Å². The van der Waals surface area contributed by atoms with E-state index in [0.717, 1.165) is 10.6 Å². The molecule has 3 nitrogen and oxygen atoms in total. The number of carbonyl (C=O) groups excluding carboxylic acids is 1. The van der Waals surface area contributed by atoms with Crippen LogP contribution in [0.1, 0.15) is 16.1 Å². The molecular formula is C15H12N2OS. The highest BCUT2D eigenvalue weighted by Crippen LogP contribution is 2.27. The van der Waals surface area contributed by atoms with Crippen molar-refractivity contribution in [1.82, 2.24) is 4.98 Å². The molecule has 1 heterocycles. The highest BCUT2D eigenvalue weighted by molar-refractivity contribution is 7.13. The maximum atomic E-state index is 11.1. The van der Waals surface area contributed by atoms with Gasteiger partial charge in [-0.1, -0.05) is 35.9 Å². The van der Waals surface area contributed by atoms with Crippen LogP contribution in [0.3, 0.4) is 0 Å². The van der Waals surface area contributed by atoms with Gasteiger partial charge in [0.2, 0.25) is 0 Å². The molecule has 3 rings (SSSR count). The summed E-state index contributed by atoms with van der Waals surface area (Å²) in [6.45, 7) is 2.08. The van der Waals surface area contributed by atoms with E-state index in [1.54, 1.807) is 5.38 Å². The zero-order valence-electron chi connectivity index (χ0n) is 10.4. The number of hydrogen-bond donors (Lipinski definition) is 1. The first-order valence-corrected chi connectivity index (χ1v) is 6.77. The van der Waals surface area contributed by atoms with Gasteiger partial charge in [-0.15, -0.1) is 11.3 Å². The van der Waals surface area contributed by atoms with E-state index < -0.39 is 5.91 Å². The number of aromatic nitrogens is 1. The Morgan fingerprint density at radius 2 is 1.89 bits per heavy atom. The van der Waals surface area contributed by atoms with Crippen molar-refractivity contribution in [3.8, 4) is 10.6 Å². The fraction of sp³-hybridized carbons (Fsp3) is 0.0667. The number of rotatable bonds is 2. The Morgan fingerprint density at radius 1 is 1.16 bits per heavy atom. The normalized spacial score (nSPS) is 10.8. The molecule has 0 saturated carbocycles. The molecule has 0 saturated heterocycles. The Hall–Kier alpha value is -2.20. The molecule has 0 bridgehead atoms. The third kappa shape index (κ3) is 2.22. The number of hydrogen-bond acceptors (Lipinski definition) is 3. The number of carbonyl (C=O) groups is 1. The first-order valence-electron chi connectivity index (χ1n) is 5.89. The van der Waals surface area contributed by atoms with Crippen LogP contribution in [0.25, 0.3) is 21.3 Å². The first kappa shape index (κ1) is 11.9. The van der Waals surface area contributed by atoms with E-state index in [1.165, 1.54) is 27.7 Å². The smallest absolute Gasteiger partial charge is 0.268 e. The van der Waals surface area contributed by atoms with Gasteiger partial charge in [0.15, 0.2) is 0 Å². The Morgan fingerprint density at radius 3 is 2.63 bits per heavy atom. The van der Waals surface area contributed by atoms with Gasteiger partial charge in [-0.2, -0.15) is 0 Å². The number of nitrogens with zero attached hydrogens (tertiary/aromatic N) is 1. The molecule has 0 radical (unpaired) electrons. The summed E-state index contributed by atoms with van der Waals surface area (Å²) < 4.78 is 0. The SMILES string of the molecule is Cc1ccc2cc(-c3nc(C(N)=O)cs3)ccc2c1. The first-order chi connectivity index (χ1) is 9.13. The molecule has 0 spiro atoms. The molecule has 2 aromatic carbocycles. The van der Waals surface area contributed by atoms with Crippen LogP contribution in [0.15, 0.2) is 41.8 Å². The molecule has 0 aliphatic carbocycles. The fourth-order valence-corrected chi connectivity index (χ4v) is 2.82. The molecule has 4 heteroatoms. The van der Waals surface area contributed by atoms with E-state index in [1.807, 2.05) is 6.07 Å². The van der Waals surface area contributed by atoms with Crippen molar-refractivity contribution in [1.29, 1.82) is 0 Å². The van der Waals surface area contributed by atoms with Crippen molar-refractivity contribution >= 4 is 28.0 Å². The summed E-state index contributed by atoms with van der Waals surface area (Å²) >= 11 is 1.43. The Balaban J connectivity index is 2.09. The maximum absolute atomic E-state index is 11.1. The summed E-state index contributed by atoms with van der Waals surface area (Å²) in [7, 11) is 0. The number of benzene rings is 2. The van der Waals surface area contributed by atoms with E-state index in [4.69, 9.17) is 5.73 Å². The molecule has 0 atom stereocenters. The van der Waals surface area contributed by atoms with Gasteiger partial charge in [0, 0.05) is 10.9 Å². The van der Waals surface area contributed by atoms with Gasteiger partial charge in [0.05, 0.1) is 0 Å². The Labute approximate surface area is 114 Å². The quantitative estimate of drug-likeness (QED) is 0.774. The van der Waals surface area contributed by atoms with Crippen LogP contribution in [0.2, 0.25) is 0 Å². The fourth-order valence-electron chi connectivity index (χ4n) is 2.02. The van der Waals surface area contributed by atoms with Crippen molar-refractivity contribution < 1.29 is 4.79 Å². The highest BCUT2D eigenvalue weighted by atomic mass is 32.1. The van der Waals surface area contributed by atoms with Crippen molar-refractivity contribution in [3.05, 3.63) is 53.0 Å². The zero-order chi connectivity index (χ0) is 13.4. The van der Waals surface area contributed by atoms with Crippen molar-refractivity contribution in [2.24, 2.45) is 5.73 Å². The topological polar surface area (TPSA) is 56.0 Å². The minimum Gasteiger partial charge on any atom is -0.364 e. The van der Waals surface area contributed by atoms with Gasteiger partial charge in [0.1, 0.15) is 10.7 Å². The van der Waals surface area contributed by atoms with Crippen LogP contribution < -0.4 is 5.73 Å². The molecule has 19 heavy (non-hydrogen) atoms. The van der Waals surface area contributed by atoms with Crippen LogP contribution in [0.4, 0.5) is 0 Å². The predicted molar refractivity (Wildman–Crippen MR) is 78.3 cm³/mol. The summed E-state index contributed by atoms with van der Waals surface area (Å²) in [6.07, 6.45) is 0. The second-order valence-corrected chi connectivity index (χ2v) is 5.33. The highest BCUT2D eigenvalue weighted by Gasteiger charge is 2.08. The van der Waals surface area contributed by atoms with Gasteiger partial charge in [-0.05, 0) is 23.8 Å². The largest absolute Gasteiger partial charge is 0.364 e. The van der Waals surface area contributed by atoms with E-state index in [-0.39, 0.29) is 0 Å². The molecular weight excluding hydrogens is 256 g/mol. The number of fused-ring (bicyclic) bond motifs is 1. The number of thiazole rings is 1. The van der Waals surface area contributed by atoms with E-state index in [2.05, 4.69) is 42.2 Å². The van der Waals surface area contributed by atoms with Crippen molar-refractivity contribution in [2.45, 2.75) is 6.92 Å². The van der Waals surface area contributed by atoms with Crippen LogP contribution in [0, 0.1) is 6.92 Å². The third-order valence-corrected chi connectivity index (χ3v) is 3.89. The zero-order valence-corrected chi connectivity index (χ0v) is 11.2. The number of nitrogens with two attached hydrogens (primary N) is 1. The Kier molecular flexibility index (Phi) is 2.80. The molecule has 94 valence electrons. The summed E-state index contributed by atoms with van der Waals surface area (Å²) in [6, 6.07) is 12.5. The standard InChI is InChI=1S/C15H12N2OS/c1-9-2-3-11-7-12(5-4-10(11)6-9)15-17-13(8-19-15)14(16)18/h2-8H,1H3,(H2,16,18). The molecule has 0 aliphatic heterocycles. The lowest BCUT2D eigenvalue weighted by Gasteiger charge is -2.02. The number of amides is 1.